The van der Waals surface area contributed by atoms with Gasteiger partial charge in [-0.15, -0.1) is 0 Å². The molecular weight excluding hydrogens is 294 g/mol. The van der Waals surface area contributed by atoms with Crippen molar-refractivity contribution < 1.29 is 9.15 Å². The van der Waals surface area contributed by atoms with Gasteiger partial charge in [-0.1, -0.05) is 12.1 Å². The molecule has 96 valence electrons. The smallest absolute Gasteiger partial charge is 0.173 e. The first kappa shape index (κ1) is 13.2. The summed E-state index contributed by atoms with van der Waals surface area (Å²) in [6.45, 7) is 0. The average Bonchev–Trinajstić information content (AvgIpc) is 2.83. The molecule has 0 radical (unpaired) electrons. The molecular formula is C14H16BrNO2. The number of furan rings is 1. The number of aryl methyl sites for hydroxylation is 1. The van der Waals surface area contributed by atoms with Crippen molar-refractivity contribution in [1.29, 1.82) is 0 Å². The Morgan fingerprint density at radius 2 is 2.00 bits per heavy atom. The Kier molecular flexibility index (Phi) is 4.44. The van der Waals surface area contributed by atoms with Gasteiger partial charge in [0.1, 0.15) is 5.75 Å². The zero-order valence-electron chi connectivity index (χ0n) is 10.2. The SMILES string of the molecule is COc1ccc(CCC(N)c2ccoc2Br)cc1. The maximum Gasteiger partial charge on any atom is 0.173 e. The summed E-state index contributed by atoms with van der Waals surface area (Å²) in [4.78, 5) is 0. The van der Waals surface area contributed by atoms with Gasteiger partial charge in [-0.3, -0.25) is 0 Å². The fraction of sp³-hybridized carbons (Fsp3) is 0.286. The van der Waals surface area contributed by atoms with E-state index in [9.17, 15) is 0 Å². The van der Waals surface area contributed by atoms with Crippen LogP contribution in [0.25, 0.3) is 0 Å². The maximum absolute atomic E-state index is 6.13. The first-order valence-electron chi connectivity index (χ1n) is 5.82. The van der Waals surface area contributed by atoms with Crippen LogP contribution in [0, 0.1) is 0 Å². The summed E-state index contributed by atoms with van der Waals surface area (Å²) in [5, 5.41) is 0. The molecule has 2 N–H and O–H groups in total. The molecule has 2 rings (SSSR count). The number of nitrogens with two attached hydrogens (primary N) is 1. The summed E-state index contributed by atoms with van der Waals surface area (Å²) < 4.78 is 11.0. The molecule has 4 heteroatoms. The second-order valence-electron chi connectivity index (χ2n) is 4.14. The van der Waals surface area contributed by atoms with E-state index in [0.717, 1.165) is 28.8 Å². The summed E-state index contributed by atoms with van der Waals surface area (Å²) in [7, 11) is 1.67. The lowest BCUT2D eigenvalue weighted by atomic mass is 10.0. The van der Waals surface area contributed by atoms with Gasteiger partial charge < -0.3 is 14.9 Å². The number of halogens is 1. The Balaban J connectivity index is 1.93. The second-order valence-corrected chi connectivity index (χ2v) is 4.86. The molecule has 0 amide bonds. The van der Waals surface area contributed by atoms with E-state index in [1.54, 1.807) is 13.4 Å². The molecule has 1 heterocycles. The van der Waals surface area contributed by atoms with Crippen LogP contribution in [-0.2, 0) is 6.42 Å². The van der Waals surface area contributed by atoms with Gasteiger partial charge in [-0.2, -0.15) is 0 Å². The van der Waals surface area contributed by atoms with Crippen molar-refractivity contribution in [3.63, 3.8) is 0 Å². The standard InChI is InChI=1S/C14H16BrNO2/c1-17-11-5-2-10(3-6-11)4-7-13(16)12-8-9-18-14(12)15/h2-3,5-6,8-9,13H,4,7,16H2,1H3. The summed E-state index contributed by atoms with van der Waals surface area (Å²) >= 11 is 3.35. The molecule has 0 aliphatic heterocycles. The van der Waals surface area contributed by atoms with Crippen LogP contribution in [0.15, 0.2) is 45.7 Å². The molecule has 0 saturated heterocycles. The van der Waals surface area contributed by atoms with Crippen LogP contribution < -0.4 is 10.5 Å². The van der Waals surface area contributed by atoms with Crippen molar-refractivity contribution in [1.82, 2.24) is 0 Å². The van der Waals surface area contributed by atoms with Crippen LogP contribution in [0.2, 0.25) is 0 Å². The van der Waals surface area contributed by atoms with Gasteiger partial charge >= 0.3 is 0 Å². The third kappa shape index (κ3) is 3.15. The van der Waals surface area contributed by atoms with Crippen LogP contribution in [0.5, 0.6) is 5.75 Å². The zero-order valence-corrected chi connectivity index (χ0v) is 11.8. The highest BCUT2D eigenvalue weighted by Crippen LogP contribution is 2.26. The van der Waals surface area contributed by atoms with Crippen molar-refractivity contribution in [2.45, 2.75) is 18.9 Å². The Bertz CT molecular complexity index is 493. The van der Waals surface area contributed by atoms with Crippen LogP contribution in [0.1, 0.15) is 23.6 Å². The van der Waals surface area contributed by atoms with Gasteiger partial charge in [0.25, 0.3) is 0 Å². The Hall–Kier alpha value is -1.26. The van der Waals surface area contributed by atoms with E-state index in [1.165, 1.54) is 5.56 Å². The molecule has 2 aromatic rings. The molecule has 0 spiro atoms. The maximum atomic E-state index is 6.13. The van der Waals surface area contributed by atoms with Crippen molar-refractivity contribution in [2.75, 3.05) is 7.11 Å². The highest BCUT2D eigenvalue weighted by molar-refractivity contribution is 9.10. The van der Waals surface area contributed by atoms with Crippen LogP contribution >= 0.6 is 15.9 Å². The van der Waals surface area contributed by atoms with Gasteiger partial charge in [0.15, 0.2) is 4.67 Å². The summed E-state index contributed by atoms with van der Waals surface area (Å²) in [5.74, 6) is 0.876. The number of hydrogen-bond acceptors (Lipinski definition) is 3. The number of rotatable bonds is 5. The normalized spacial score (nSPS) is 12.4. The Morgan fingerprint density at radius 3 is 2.56 bits per heavy atom. The predicted molar refractivity (Wildman–Crippen MR) is 74.7 cm³/mol. The molecule has 18 heavy (non-hydrogen) atoms. The second kappa shape index (κ2) is 6.07. The summed E-state index contributed by atoms with van der Waals surface area (Å²) in [5.41, 5.74) is 8.40. The third-order valence-electron chi connectivity index (χ3n) is 2.95. The van der Waals surface area contributed by atoms with E-state index < -0.39 is 0 Å². The zero-order chi connectivity index (χ0) is 13.0. The predicted octanol–water partition coefficient (Wildman–Crippen LogP) is 3.68. The van der Waals surface area contributed by atoms with E-state index >= 15 is 0 Å². The largest absolute Gasteiger partial charge is 0.497 e. The molecule has 1 aromatic heterocycles. The summed E-state index contributed by atoms with van der Waals surface area (Å²) in [6.07, 6.45) is 3.46. The Morgan fingerprint density at radius 1 is 1.28 bits per heavy atom. The molecule has 0 bridgehead atoms. The van der Waals surface area contributed by atoms with Gasteiger partial charge in [0.05, 0.1) is 13.4 Å². The van der Waals surface area contributed by atoms with Crippen molar-refractivity contribution in [3.8, 4) is 5.75 Å². The fourth-order valence-corrected chi connectivity index (χ4v) is 2.37. The number of ether oxygens (including phenoxy) is 1. The first-order valence-corrected chi connectivity index (χ1v) is 6.61. The molecule has 1 aromatic carbocycles. The van der Waals surface area contributed by atoms with E-state index in [4.69, 9.17) is 14.9 Å². The van der Waals surface area contributed by atoms with E-state index in [2.05, 4.69) is 28.1 Å². The summed E-state index contributed by atoms with van der Waals surface area (Å²) in [6, 6.07) is 9.96. The molecule has 3 nitrogen and oxygen atoms in total. The number of methoxy groups -OCH3 is 1. The third-order valence-corrected chi connectivity index (χ3v) is 3.59. The molecule has 0 saturated carbocycles. The van der Waals surface area contributed by atoms with Gasteiger partial charge in [0.2, 0.25) is 0 Å². The quantitative estimate of drug-likeness (QED) is 0.916. The van der Waals surface area contributed by atoms with Gasteiger partial charge in [0, 0.05) is 11.6 Å². The highest BCUT2D eigenvalue weighted by atomic mass is 79.9. The molecule has 1 unspecified atom stereocenters. The van der Waals surface area contributed by atoms with E-state index in [1.807, 2.05) is 18.2 Å². The minimum Gasteiger partial charge on any atom is -0.497 e. The molecule has 0 aliphatic carbocycles. The van der Waals surface area contributed by atoms with Crippen molar-refractivity contribution >= 4 is 15.9 Å². The van der Waals surface area contributed by atoms with Crippen LogP contribution in [-0.4, -0.2) is 7.11 Å². The molecule has 1 atom stereocenters. The molecule has 0 fully saturated rings. The average molecular weight is 310 g/mol. The minimum atomic E-state index is -0.0137. The van der Waals surface area contributed by atoms with E-state index in [-0.39, 0.29) is 6.04 Å². The molecule has 0 aliphatic rings. The Labute approximate surface area is 115 Å². The van der Waals surface area contributed by atoms with Crippen molar-refractivity contribution in [3.05, 3.63) is 52.4 Å². The van der Waals surface area contributed by atoms with Crippen LogP contribution in [0.3, 0.4) is 0 Å². The van der Waals surface area contributed by atoms with Gasteiger partial charge in [-0.05, 0) is 52.5 Å². The fourth-order valence-electron chi connectivity index (χ4n) is 1.84. The lowest BCUT2D eigenvalue weighted by molar-refractivity contribution is 0.414. The number of benzene rings is 1. The monoisotopic (exact) mass is 309 g/mol. The topological polar surface area (TPSA) is 48.4 Å². The lowest BCUT2D eigenvalue weighted by Crippen LogP contribution is -2.10. The first-order chi connectivity index (χ1) is 8.70. The van der Waals surface area contributed by atoms with Crippen LogP contribution in [0.4, 0.5) is 0 Å². The van der Waals surface area contributed by atoms with Crippen molar-refractivity contribution in [2.24, 2.45) is 5.73 Å². The number of hydrogen-bond donors (Lipinski definition) is 1. The lowest BCUT2D eigenvalue weighted by Gasteiger charge is -2.10. The van der Waals surface area contributed by atoms with Gasteiger partial charge in [-0.25, -0.2) is 0 Å². The highest BCUT2D eigenvalue weighted by Gasteiger charge is 2.12. The minimum absolute atomic E-state index is 0.0137. The van der Waals surface area contributed by atoms with E-state index in [0.29, 0.717) is 0 Å².